The summed E-state index contributed by atoms with van der Waals surface area (Å²) >= 11 is 5.52. The number of nitro groups is 1. The molecule has 0 aromatic heterocycles. The molecule has 1 fully saturated rings. The molecule has 0 aliphatic carbocycles. The lowest BCUT2D eigenvalue weighted by molar-refractivity contribution is -0.384. The molecule has 1 heterocycles. The van der Waals surface area contributed by atoms with Gasteiger partial charge in [0.25, 0.3) is 17.5 Å². The summed E-state index contributed by atoms with van der Waals surface area (Å²) in [5.41, 5.74) is 3.07. The van der Waals surface area contributed by atoms with Crippen LogP contribution in [0.2, 0.25) is 0 Å². The molecular formula is C26H19BrIN3O6. The van der Waals surface area contributed by atoms with E-state index in [1.807, 2.05) is 19.9 Å². The third-order valence-electron chi connectivity index (χ3n) is 5.40. The van der Waals surface area contributed by atoms with Crippen molar-refractivity contribution in [2.45, 2.75) is 20.5 Å². The number of halogens is 2. The maximum atomic E-state index is 13.2. The van der Waals surface area contributed by atoms with E-state index in [1.54, 1.807) is 36.4 Å². The Hall–Kier alpha value is -3.58. The maximum Gasteiger partial charge on any atom is 0.335 e. The highest BCUT2D eigenvalue weighted by Gasteiger charge is 2.37. The van der Waals surface area contributed by atoms with E-state index >= 15 is 0 Å². The van der Waals surface area contributed by atoms with E-state index in [0.717, 1.165) is 16.0 Å². The standard InChI is InChI=1S/C26H19BrIN3O6/c1-14-6-15(2)8-19(7-14)30-25(33)20(24(32)29-26(30)34)10-17-11-21(27)23(22(28)12-17)37-13-16-4-3-5-18(9-16)31(35)36/h3-12H,13H2,1-2H3,(H,29,32,34)/b20-10+. The monoisotopic (exact) mass is 675 g/mol. The van der Waals surface area contributed by atoms with Crippen molar-refractivity contribution in [1.82, 2.24) is 5.32 Å². The Bertz CT molecular complexity index is 1460. The summed E-state index contributed by atoms with van der Waals surface area (Å²) in [5.74, 6) is -1.01. The Morgan fingerprint density at radius 1 is 1.08 bits per heavy atom. The number of urea groups is 1. The molecule has 0 unspecified atom stereocenters. The van der Waals surface area contributed by atoms with E-state index in [9.17, 15) is 24.5 Å². The Morgan fingerprint density at radius 3 is 2.43 bits per heavy atom. The first-order chi connectivity index (χ1) is 17.5. The number of aryl methyl sites for hydroxylation is 2. The summed E-state index contributed by atoms with van der Waals surface area (Å²) in [6.45, 7) is 3.81. The summed E-state index contributed by atoms with van der Waals surface area (Å²) in [6.07, 6.45) is 1.41. The van der Waals surface area contributed by atoms with Crippen molar-refractivity contribution < 1.29 is 24.0 Å². The summed E-state index contributed by atoms with van der Waals surface area (Å²) in [4.78, 5) is 49.8. The first-order valence-corrected chi connectivity index (χ1v) is 12.8. The van der Waals surface area contributed by atoms with Gasteiger partial charge in [-0.15, -0.1) is 0 Å². The zero-order valence-corrected chi connectivity index (χ0v) is 23.3. The fourth-order valence-electron chi connectivity index (χ4n) is 3.85. The molecule has 11 heteroatoms. The van der Waals surface area contributed by atoms with E-state index in [0.29, 0.717) is 30.6 Å². The summed E-state index contributed by atoms with van der Waals surface area (Å²) in [6, 6.07) is 14.1. The number of anilines is 1. The maximum absolute atomic E-state index is 13.2. The number of hydrogen-bond donors (Lipinski definition) is 1. The third-order valence-corrected chi connectivity index (χ3v) is 6.79. The minimum Gasteiger partial charge on any atom is -0.487 e. The fraction of sp³-hybridized carbons (Fsp3) is 0.115. The molecule has 9 nitrogen and oxygen atoms in total. The predicted molar refractivity (Wildman–Crippen MR) is 149 cm³/mol. The molecule has 1 aliphatic rings. The van der Waals surface area contributed by atoms with Gasteiger partial charge < -0.3 is 4.74 Å². The second kappa shape index (κ2) is 10.8. The van der Waals surface area contributed by atoms with Crippen LogP contribution >= 0.6 is 38.5 Å². The number of carbonyl (C=O) groups is 3. The van der Waals surface area contributed by atoms with Crippen molar-refractivity contribution in [2.75, 3.05) is 4.90 Å². The lowest BCUT2D eigenvalue weighted by Gasteiger charge is -2.27. The first kappa shape index (κ1) is 26.5. The quantitative estimate of drug-likeness (QED) is 0.116. The van der Waals surface area contributed by atoms with Crippen LogP contribution in [0.3, 0.4) is 0 Å². The lowest BCUT2D eigenvalue weighted by Crippen LogP contribution is -2.54. The summed E-state index contributed by atoms with van der Waals surface area (Å²) < 4.78 is 7.12. The lowest BCUT2D eigenvalue weighted by atomic mass is 10.1. The molecule has 1 N–H and O–H groups in total. The second-order valence-electron chi connectivity index (χ2n) is 8.33. The number of barbiturate groups is 1. The third kappa shape index (κ3) is 5.88. The highest BCUT2D eigenvalue weighted by molar-refractivity contribution is 14.1. The molecule has 0 saturated carbocycles. The van der Waals surface area contributed by atoms with Crippen molar-refractivity contribution >= 4 is 73.8 Å². The van der Waals surface area contributed by atoms with Gasteiger partial charge in [0.05, 0.1) is 18.7 Å². The number of ether oxygens (including phenoxy) is 1. The van der Waals surface area contributed by atoms with Crippen LogP contribution in [0, 0.1) is 27.5 Å². The Kier molecular flexibility index (Phi) is 7.73. The van der Waals surface area contributed by atoms with Gasteiger partial charge in [-0.1, -0.05) is 18.2 Å². The fourth-order valence-corrected chi connectivity index (χ4v) is 5.62. The van der Waals surface area contributed by atoms with Gasteiger partial charge in [-0.2, -0.15) is 0 Å². The van der Waals surface area contributed by atoms with Crippen LogP contribution in [-0.4, -0.2) is 22.8 Å². The number of carbonyl (C=O) groups excluding carboxylic acids is 3. The van der Waals surface area contributed by atoms with E-state index < -0.39 is 22.8 Å². The SMILES string of the molecule is Cc1cc(C)cc(N2C(=O)NC(=O)/C(=C\c3cc(Br)c(OCc4cccc([N+](=O)[O-])c4)c(I)c3)C2=O)c1. The molecule has 4 amide bonds. The zero-order chi connectivity index (χ0) is 26.9. The van der Waals surface area contributed by atoms with Crippen LogP contribution in [0.5, 0.6) is 5.75 Å². The van der Waals surface area contributed by atoms with E-state index in [-0.39, 0.29) is 17.9 Å². The number of nitrogens with one attached hydrogen (secondary N) is 1. The van der Waals surface area contributed by atoms with Gasteiger partial charge in [0.1, 0.15) is 17.9 Å². The van der Waals surface area contributed by atoms with Crippen molar-refractivity contribution in [1.29, 1.82) is 0 Å². The number of rotatable bonds is 6. The van der Waals surface area contributed by atoms with Crippen molar-refractivity contribution in [2.24, 2.45) is 0 Å². The number of benzene rings is 3. The molecule has 37 heavy (non-hydrogen) atoms. The normalized spacial score (nSPS) is 14.6. The molecule has 0 radical (unpaired) electrons. The van der Waals surface area contributed by atoms with E-state index in [4.69, 9.17) is 4.74 Å². The van der Waals surface area contributed by atoms with Crippen molar-refractivity contribution in [3.05, 3.63) is 101 Å². The van der Waals surface area contributed by atoms with Crippen LogP contribution in [0.25, 0.3) is 6.08 Å². The van der Waals surface area contributed by atoms with Crippen LogP contribution in [0.4, 0.5) is 16.2 Å². The number of imide groups is 2. The minimum atomic E-state index is -0.808. The highest BCUT2D eigenvalue weighted by atomic mass is 127. The van der Waals surface area contributed by atoms with E-state index in [2.05, 4.69) is 43.8 Å². The zero-order valence-electron chi connectivity index (χ0n) is 19.6. The van der Waals surface area contributed by atoms with Crippen LogP contribution in [0.1, 0.15) is 22.3 Å². The minimum absolute atomic E-state index is 0.0272. The molecule has 0 spiro atoms. The molecule has 4 rings (SSSR count). The second-order valence-corrected chi connectivity index (χ2v) is 10.3. The van der Waals surface area contributed by atoms with Gasteiger partial charge >= 0.3 is 6.03 Å². The summed E-state index contributed by atoms with van der Waals surface area (Å²) in [7, 11) is 0. The average molecular weight is 676 g/mol. The molecule has 0 bridgehead atoms. The molecule has 1 aliphatic heterocycles. The Morgan fingerprint density at radius 2 is 1.78 bits per heavy atom. The average Bonchev–Trinajstić information content (AvgIpc) is 2.80. The molecular weight excluding hydrogens is 657 g/mol. The largest absolute Gasteiger partial charge is 0.487 e. The van der Waals surface area contributed by atoms with Gasteiger partial charge in [0.2, 0.25) is 0 Å². The molecule has 3 aromatic rings. The number of amides is 4. The Balaban J connectivity index is 1.61. The molecule has 0 atom stereocenters. The van der Waals surface area contributed by atoms with Gasteiger partial charge in [0, 0.05) is 12.1 Å². The van der Waals surface area contributed by atoms with Crippen molar-refractivity contribution in [3.8, 4) is 5.75 Å². The first-order valence-electron chi connectivity index (χ1n) is 10.9. The number of hydrogen-bond acceptors (Lipinski definition) is 6. The van der Waals surface area contributed by atoms with Gasteiger partial charge in [-0.25, -0.2) is 9.69 Å². The van der Waals surface area contributed by atoms with Gasteiger partial charge in [-0.05, 0) is 105 Å². The van der Waals surface area contributed by atoms with Crippen LogP contribution in [-0.2, 0) is 16.2 Å². The topological polar surface area (TPSA) is 119 Å². The van der Waals surface area contributed by atoms with Crippen LogP contribution in [0.15, 0.2) is 64.6 Å². The number of nitrogens with zero attached hydrogens (tertiary/aromatic N) is 2. The number of non-ortho nitro benzene ring substituents is 1. The van der Waals surface area contributed by atoms with Crippen LogP contribution < -0.4 is 15.0 Å². The number of nitro benzene ring substituents is 1. The highest BCUT2D eigenvalue weighted by Crippen LogP contribution is 2.34. The van der Waals surface area contributed by atoms with Gasteiger partial charge in [-0.3, -0.25) is 25.0 Å². The summed E-state index contributed by atoms with van der Waals surface area (Å²) in [5, 5.41) is 13.2. The molecule has 3 aromatic carbocycles. The van der Waals surface area contributed by atoms with E-state index in [1.165, 1.54) is 18.2 Å². The Labute approximate surface area is 233 Å². The molecule has 188 valence electrons. The van der Waals surface area contributed by atoms with Crippen molar-refractivity contribution in [3.63, 3.8) is 0 Å². The smallest absolute Gasteiger partial charge is 0.335 e. The molecule has 1 saturated heterocycles. The predicted octanol–water partition coefficient (Wildman–Crippen LogP) is 5.82. The van der Waals surface area contributed by atoms with Gasteiger partial charge in [0.15, 0.2) is 0 Å².